The maximum atomic E-state index is 11.0. The minimum Gasteiger partial charge on any atom is -0.478 e. The summed E-state index contributed by atoms with van der Waals surface area (Å²) in [7, 11) is 0. The van der Waals surface area contributed by atoms with Gasteiger partial charge in [-0.2, -0.15) is 0 Å². The molecule has 1 aromatic carbocycles. The molecule has 2 heteroatoms. The van der Waals surface area contributed by atoms with Crippen LogP contribution in [0.4, 0.5) is 0 Å². The highest BCUT2D eigenvalue weighted by Crippen LogP contribution is 2.21. The highest BCUT2D eigenvalue weighted by molar-refractivity contribution is 5.89. The van der Waals surface area contributed by atoms with Crippen molar-refractivity contribution in [2.24, 2.45) is 5.92 Å². The van der Waals surface area contributed by atoms with Crippen LogP contribution >= 0.6 is 0 Å². The van der Waals surface area contributed by atoms with Crippen molar-refractivity contribution >= 4 is 5.97 Å². The molecule has 0 fully saturated rings. The minimum atomic E-state index is -0.830. The lowest BCUT2D eigenvalue weighted by Gasteiger charge is -2.13. The average Bonchev–Trinajstić information content (AvgIpc) is 2.16. The lowest BCUT2D eigenvalue weighted by Crippen LogP contribution is -2.05. The van der Waals surface area contributed by atoms with Gasteiger partial charge < -0.3 is 5.11 Å². The summed E-state index contributed by atoms with van der Waals surface area (Å²) in [5.41, 5.74) is 3.76. The number of aryl methyl sites for hydroxylation is 1. The van der Waals surface area contributed by atoms with E-state index >= 15 is 0 Å². The van der Waals surface area contributed by atoms with Crippen LogP contribution in [0.5, 0.6) is 0 Å². The zero-order chi connectivity index (χ0) is 12.3. The Kier molecular flexibility index (Phi) is 4.11. The standard InChI is InChI=1S/C14H20O2/c1-9(2)5-7-12-10(3)6-8-13(11(12)4)14(15)16/h6,8-9H,5,7H2,1-4H3,(H,15,16). The third kappa shape index (κ3) is 2.84. The maximum Gasteiger partial charge on any atom is 0.335 e. The summed E-state index contributed by atoms with van der Waals surface area (Å²) in [5.74, 6) is -0.185. The van der Waals surface area contributed by atoms with Gasteiger partial charge in [-0.15, -0.1) is 0 Å². The van der Waals surface area contributed by atoms with Gasteiger partial charge in [0.25, 0.3) is 0 Å². The number of rotatable bonds is 4. The largest absolute Gasteiger partial charge is 0.478 e. The number of benzene rings is 1. The van der Waals surface area contributed by atoms with Crippen LogP contribution < -0.4 is 0 Å². The van der Waals surface area contributed by atoms with E-state index < -0.39 is 5.97 Å². The van der Waals surface area contributed by atoms with Gasteiger partial charge >= 0.3 is 5.97 Å². The molecule has 0 amide bonds. The lowest BCUT2D eigenvalue weighted by atomic mass is 9.92. The Morgan fingerprint density at radius 3 is 2.44 bits per heavy atom. The van der Waals surface area contributed by atoms with E-state index in [4.69, 9.17) is 5.11 Å². The van der Waals surface area contributed by atoms with E-state index in [-0.39, 0.29) is 0 Å². The molecule has 0 aliphatic carbocycles. The van der Waals surface area contributed by atoms with Crippen molar-refractivity contribution in [2.45, 2.75) is 40.5 Å². The predicted molar refractivity (Wildman–Crippen MR) is 66.0 cm³/mol. The zero-order valence-corrected chi connectivity index (χ0v) is 10.5. The van der Waals surface area contributed by atoms with Crippen LogP contribution in [0.3, 0.4) is 0 Å². The fourth-order valence-corrected chi connectivity index (χ4v) is 1.94. The Morgan fingerprint density at radius 2 is 1.94 bits per heavy atom. The molecule has 16 heavy (non-hydrogen) atoms. The molecule has 0 heterocycles. The first-order valence-electron chi connectivity index (χ1n) is 5.75. The number of hydrogen-bond acceptors (Lipinski definition) is 1. The molecular weight excluding hydrogens is 200 g/mol. The van der Waals surface area contributed by atoms with Crippen LogP contribution in [0.1, 0.15) is 47.3 Å². The second kappa shape index (κ2) is 5.15. The van der Waals surface area contributed by atoms with Gasteiger partial charge in [0.15, 0.2) is 0 Å². The van der Waals surface area contributed by atoms with Gasteiger partial charge in [-0.25, -0.2) is 4.79 Å². The first kappa shape index (κ1) is 12.8. The van der Waals surface area contributed by atoms with Gasteiger partial charge in [0.05, 0.1) is 5.56 Å². The topological polar surface area (TPSA) is 37.3 Å². The summed E-state index contributed by atoms with van der Waals surface area (Å²) in [6, 6.07) is 3.61. The van der Waals surface area contributed by atoms with Crippen molar-refractivity contribution in [3.05, 3.63) is 34.4 Å². The molecule has 2 nitrogen and oxygen atoms in total. The van der Waals surface area contributed by atoms with Crippen LogP contribution in [0.25, 0.3) is 0 Å². The Labute approximate surface area is 97.3 Å². The third-order valence-electron chi connectivity index (χ3n) is 3.03. The number of hydrogen-bond donors (Lipinski definition) is 1. The summed E-state index contributed by atoms with van der Waals surface area (Å²) < 4.78 is 0. The number of carboxylic acid groups (broad SMARTS) is 1. The highest BCUT2D eigenvalue weighted by atomic mass is 16.4. The quantitative estimate of drug-likeness (QED) is 0.842. The second-order valence-corrected chi connectivity index (χ2v) is 4.77. The van der Waals surface area contributed by atoms with Crippen molar-refractivity contribution < 1.29 is 9.90 Å². The number of carboxylic acids is 1. The van der Waals surface area contributed by atoms with E-state index in [1.165, 1.54) is 11.1 Å². The molecule has 0 atom stereocenters. The SMILES string of the molecule is Cc1ccc(C(=O)O)c(C)c1CCC(C)C. The minimum absolute atomic E-state index is 0.435. The van der Waals surface area contributed by atoms with Gasteiger partial charge in [-0.3, -0.25) is 0 Å². The second-order valence-electron chi connectivity index (χ2n) is 4.77. The van der Waals surface area contributed by atoms with E-state index in [1.807, 2.05) is 19.9 Å². The maximum absolute atomic E-state index is 11.0. The average molecular weight is 220 g/mol. The Balaban J connectivity index is 3.06. The molecule has 0 saturated carbocycles. The normalized spacial score (nSPS) is 10.8. The third-order valence-corrected chi connectivity index (χ3v) is 3.03. The van der Waals surface area contributed by atoms with Crippen LogP contribution in [-0.2, 0) is 6.42 Å². The Hall–Kier alpha value is -1.31. The summed E-state index contributed by atoms with van der Waals surface area (Å²) in [6.07, 6.45) is 2.07. The monoisotopic (exact) mass is 220 g/mol. The summed E-state index contributed by atoms with van der Waals surface area (Å²) in [5, 5.41) is 9.06. The fourth-order valence-electron chi connectivity index (χ4n) is 1.94. The molecule has 0 aromatic heterocycles. The van der Waals surface area contributed by atoms with Gasteiger partial charge in [0, 0.05) is 0 Å². The Morgan fingerprint density at radius 1 is 1.31 bits per heavy atom. The van der Waals surface area contributed by atoms with Gasteiger partial charge in [-0.1, -0.05) is 19.9 Å². The first-order valence-corrected chi connectivity index (χ1v) is 5.75. The summed E-state index contributed by atoms with van der Waals surface area (Å²) in [4.78, 5) is 11.0. The summed E-state index contributed by atoms with van der Waals surface area (Å²) >= 11 is 0. The lowest BCUT2D eigenvalue weighted by molar-refractivity contribution is 0.0696. The molecule has 1 rings (SSSR count). The summed E-state index contributed by atoms with van der Waals surface area (Å²) in [6.45, 7) is 8.33. The smallest absolute Gasteiger partial charge is 0.335 e. The van der Waals surface area contributed by atoms with E-state index in [0.29, 0.717) is 11.5 Å². The molecule has 0 bridgehead atoms. The Bertz CT molecular complexity index is 392. The highest BCUT2D eigenvalue weighted by Gasteiger charge is 2.12. The molecule has 0 aliphatic rings. The molecule has 88 valence electrons. The fraction of sp³-hybridized carbons (Fsp3) is 0.500. The molecule has 1 N–H and O–H groups in total. The molecule has 1 aromatic rings. The molecule has 0 spiro atoms. The van der Waals surface area contributed by atoms with Crippen molar-refractivity contribution in [2.75, 3.05) is 0 Å². The molecule has 0 radical (unpaired) electrons. The van der Waals surface area contributed by atoms with Crippen LogP contribution in [0.2, 0.25) is 0 Å². The van der Waals surface area contributed by atoms with Gasteiger partial charge in [0.1, 0.15) is 0 Å². The number of aromatic carboxylic acids is 1. The first-order chi connectivity index (χ1) is 7.43. The van der Waals surface area contributed by atoms with Crippen LogP contribution in [0, 0.1) is 19.8 Å². The van der Waals surface area contributed by atoms with Gasteiger partial charge in [0.2, 0.25) is 0 Å². The van der Waals surface area contributed by atoms with Gasteiger partial charge in [-0.05, 0) is 55.4 Å². The number of carbonyl (C=O) groups is 1. The van der Waals surface area contributed by atoms with E-state index in [0.717, 1.165) is 18.4 Å². The van der Waals surface area contributed by atoms with E-state index in [9.17, 15) is 4.79 Å². The molecule has 0 saturated heterocycles. The van der Waals surface area contributed by atoms with Crippen molar-refractivity contribution in [3.63, 3.8) is 0 Å². The van der Waals surface area contributed by atoms with Crippen molar-refractivity contribution in [1.82, 2.24) is 0 Å². The molecular formula is C14H20O2. The molecule has 0 unspecified atom stereocenters. The zero-order valence-electron chi connectivity index (χ0n) is 10.5. The van der Waals surface area contributed by atoms with Crippen LogP contribution in [-0.4, -0.2) is 11.1 Å². The molecule has 0 aliphatic heterocycles. The van der Waals surface area contributed by atoms with Crippen molar-refractivity contribution in [3.8, 4) is 0 Å². The van der Waals surface area contributed by atoms with E-state index in [2.05, 4.69) is 13.8 Å². The van der Waals surface area contributed by atoms with E-state index in [1.54, 1.807) is 6.07 Å². The van der Waals surface area contributed by atoms with Crippen LogP contribution in [0.15, 0.2) is 12.1 Å². The predicted octanol–water partition coefficient (Wildman–Crippen LogP) is 3.59. The van der Waals surface area contributed by atoms with Crippen molar-refractivity contribution in [1.29, 1.82) is 0 Å².